The van der Waals surface area contributed by atoms with E-state index in [9.17, 15) is 15.2 Å². The fourth-order valence-corrected chi connectivity index (χ4v) is 1.37. The van der Waals surface area contributed by atoms with Crippen molar-refractivity contribution in [3.63, 3.8) is 0 Å². The molecule has 2 heterocycles. The molecule has 1 N–H and O–H groups in total. The van der Waals surface area contributed by atoms with Crippen LogP contribution in [0.1, 0.15) is 25.3 Å². The fourth-order valence-electron chi connectivity index (χ4n) is 1.37. The molecular formula is C10H12N4O4. The van der Waals surface area contributed by atoms with Gasteiger partial charge >= 0.3 is 5.88 Å². The van der Waals surface area contributed by atoms with E-state index in [1.165, 1.54) is 16.8 Å². The van der Waals surface area contributed by atoms with Crippen molar-refractivity contribution in [3.8, 4) is 0 Å². The summed E-state index contributed by atoms with van der Waals surface area (Å²) < 4.78 is 6.43. The Morgan fingerprint density at radius 2 is 2.28 bits per heavy atom. The van der Waals surface area contributed by atoms with Crippen molar-refractivity contribution >= 4 is 5.88 Å². The third-order valence-corrected chi connectivity index (χ3v) is 2.31. The second-order valence-electron chi connectivity index (χ2n) is 4.36. The van der Waals surface area contributed by atoms with Crippen molar-refractivity contribution in [3.05, 3.63) is 39.9 Å². The van der Waals surface area contributed by atoms with Crippen LogP contribution in [-0.4, -0.2) is 25.0 Å². The van der Waals surface area contributed by atoms with Gasteiger partial charge in [-0.05, 0) is 19.9 Å². The molecule has 0 aliphatic heterocycles. The lowest BCUT2D eigenvalue weighted by Gasteiger charge is -2.11. The number of aromatic nitrogens is 3. The first-order valence-corrected chi connectivity index (χ1v) is 5.22. The summed E-state index contributed by atoms with van der Waals surface area (Å²) in [5, 5.41) is 27.8. The highest BCUT2D eigenvalue weighted by atomic mass is 16.6. The highest BCUT2D eigenvalue weighted by molar-refractivity contribution is 5.18. The zero-order valence-corrected chi connectivity index (χ0v) is 9.90. The summed E-state index contributed by atoms with van der Waals surface area (Å²) in [5.74, 6) is 0.0849. The number of rotatable bonds is 4. The maximum Gasteiger partial charge on any atom is 0.433 e. The molecule has 8 nitrogen and oxygen atoms in total. The summed E-state index contributed by atoms with van der Waals surface area (Å²) in [6.07, 6.45) is 1.56. The maximum absolute atomic E-state index is 10.4. The molecule has 0 bridgehead atoms. The summed E-state index contributed by atoms with van der Waals surface area (Å²) in [4.78, 5) is 9.84. The van der Waals surface area contributed by atoms with Crippen LogP contribution in [0.3, 0.4) is 0 Å². The van der Waals surface area contributed by atoms with E-state index >= 15 is 0 Å². The number of hydrogen-bond acceptors (Lipinski definition) is 6. The molecule has 2 aromatic heterocycles. The fraction of sp³-hybridized carbons (Fsp3) is 0.400. The molecule has 8 heteroatoms. The molecule has 0 saturated carbocycles. The normalized spacial score (nSPS) is 11.7. The molecule has 2 aromatic rings. The quantitative estimate of drug-likeness (QED) is 0.643. The molecule has 0 radical (unpaired) electrons. The summed E-state index contributed by atoms with van der Waals surface area (Å²) in [7, 11) is 0. The van der Waals surface area contributed by atoms with Crippen LogP contribution in [0.4, 0.5) is 5.88 Å². The minimum Gasteiger partial charge on any atom is -0.404 e. The molecule has 96 valence electrons. The Morgan fingerprint density at radius 1 is 1.56 bits per heavy atom. The summed E-state index contributed by atoms with van der Waals surface area (Å²) >= 11 is 0. The van der Waals surface area contributed by atoms with Gasteiger partial charge in [0.25, 0.3) is 0 Å². The molecule has 2 rings (SSSR count). The zero-order valence-electron chi connectivity index (χ0n) is 9.90. The van der Waals surface area contributed by atoms with Gasteiger partial charge in [-0.3, -0.25) is 10.1 Å². The SMILES string of the molecule is CC(C)(O)c1cn(Cc2ccc([N+](=O)[O-])o2)nn1. The standard InChI is InChI=1S/C10H12N4O4/c1-10(2,15)8-6-13(12-11-8)5-7-3-4-9(18-7)14(16)17/h3-4,6,15H,5H2,1-2H3. The van der Waals surface area contributed by atoms with Gasteiger partial charge in [0.05, 0.1) is 12.3 Å². The van der Waals surface area contributed by atoms with Gasteiger partial charge in [-0.15, -0.1) is 5.10 Å². The molecule has 0 spiro atoms. The molecule has 0 unspecified atom stereocenters. The molecule has 0 fully saturated rings. The minimum absolute atomic E-state index is 0.219. The van der Waals surface area contributed by atoms with Crippen molar-refractivity contribution in [1.82, 2.24) is 15.0 Å². The van der Waals surface area contributed by atoms with Crippen LogP contribution < -0.4 is 0 Å². The molecule has 0 saturated heterocycles. The first-order valence-electron chi connectivity index (χ1n) is 5.22. The van der Waals surface area contributed by atoms with Gasteiger partial charge in [0.1, 0.15) is 28.5 Å². The van der Waals surface area contributed by atoms with E-state index in [0.717, 1.165) is 0 Å². The Morgan fingerprint density at radius 3 is 2.78 bits per heavy atom. The van der Waals surface area contributed by atoms with E-state index in [2.05, 4.69) is 10.3 Å². The van der Waals surface area contributed by atoms with Crippen molar-refractivity contribution in [1.29, 1.82) is 0 Å². The highest BCUT2D eigenvalue weighted by Gasteiger charge is 2.20. The van der Waals surface area contributed by atoms with Crippen LogP contribution in [0, 0.1) is 10.1 Å². The van der Waals surface area contributed by atoms with Crippen LogP contribution in [0.15, 0.2) is 22.7 Å². The van der Waals surface area contributed by atoms with Gasteiger partial charge in [0, 0.05) is 0 Å². The van der Waals surface area contributed by atoms with Crippen molar-refractivity contribution in [2.24, 2.45) is 0 Å². The Kier molecular flexibility index (Phi) is 2.87. The van der Waals surface area contributed by atoms with Crippen molar-refractivity contribution in [2.75, 3.05) is 0 Å². The molecule has 0 aliphatic carbocycles. The smallest absolute Gasteiger partial charge is 0.404 e. The van der Waals surface area contributed by atoms with E-state index in [0.29, 0.717) is 11.5 Å². The van der Waals surface area contributed by atoms with Crippen LogP contribution in [0.5, 0.6) is 0 Å². The third-order valence-electron chi connectivity index (χ3n) is 2.31. The van der Waals surface area contributed by atoms with Crippen LogP contribution >= 0.6 is 0 Å². The second kappa shape index (κ2) is 4.22. The van der Waals surface area contributed by atoms with E-state index in [1.807, 2.05) is 0 Å². The predicted octanol–water partition coefficient (Wildman–Crippen LogP) is 1.05. The molecule has 0 amide bonds. The maximum atomic E-state index is 10.4. The highest BCUT2D eigenvalue weighted by Crippen LogP contribution is 2.18. The monoisotopic (exact) mass is 252 g/mol. The molecule has 0 aromatic carbocycles. The number of hydrogen-bond donors (Lipinski definition) is 1. The molecule has 0 aliphatic rings. The predicted molar refractivity (Wildman–Crippen MR) is 59.7 cm³/mol. The van der Waals surface area contributed by atoms with Gasteiger partial charge in [-0.1, -0.05) is 5.21 Å². The average molecular weight is 252 g/mol. The summed E-state index contributed by atoms with van der Waals surface area (Å²) in [6.45, 7) is 3.41. The topological polar surface area (TPSA) is 107 Å². The zero-order chi connectivity index (χ0) is 13.3. The van der Waals surface area contributed by atoms with E-state index in [4.69, 9.17) is 4.42 Å². The number of aliphatic hydroxyl groups is 1. The van der Waals surface area contributed by atoms with Gasteiger partial charge in [0.15, 0.2) is 0 Å². The number of nitrogens with zero attached hydrogens (tertiary/aromatic N) is 4. The van der Waals surface area contributed by atoms with Crippen LogP contribution in [-0.2, 0) is 12.1 Å². The van der Waals surface area contributed by atoms with Crippen molar-refractivity contribution in [2.45, 2.75) is 26.0 Å². The molecule has 0 atom stereocenters. The third kappa shape index (κ3) is 2.54. The Hall–Kier alpha value is -2.22. The first-order chi connectivity index (χ1) is 8.36. The molecule has 18 heavy (non-hydrogen) atoms. The van der Waals surface area contributed by atoms with Gasteiger partial charge in [-0.25, -0.2) is 4.68 Å². The lowest BCUT2D eigenvalue weighted by atomic mass is 10.1. The number of furan rings is 1. The first kappa shape index (κ1) is 12.2. The van der Waals surface area contributed by atoms with E-state index in [1.54, 1.807) is 20.0 Å². The van der Waals surface area contributed by atoms with E-state index < -0.39 is 10.5 Å². The summed E-state index contributed by atoms with van der Waals surface area (Å²) in [5.41, 5.74) is -0.656. The summed E-state index contributed by atoms with van der Waals surface area (Å²) in [6, 6.07) is 2.78. The number of nitro groups is 1. The molecular weight excluding hydrogens is 240 g/mol. The Balaban J connectivity index is 2.14. The van der Waals surface area contributed by atoms with Gasteiger partial charge < -0.3 is 9.52 Å². The second-order valence-corrected chi connectivity index (χ2v) is 4.36. The Bertz CT molecular complexity index is 566. The minimum atomic E-state index is -1.08. The lowest BCUT2D eigenvalue weighted by Crippen LogP contribution is -2.15. The van der Waals surface area contributed by atoms with Crippen LogP contribution in [0.25, 0.3) is 0 Å². The van der Waals surface area contributed by atoms with Crippen molar-refractivity contribution < 1.29 is 14.4 Å². The Labute approximate surface area is 102 Å². The van der Waals surface area contributed by atoms with Crippen LogP contribution in [0.2, 0.25) is 0 Å². The lowest BCUT2D eigenvalue weighted by molar-refractivity contribution is -0.402. The van der Waals surface area contributed by atoms with Gasteiger partial charge in [-0.2, -0.15) is 0 Å². The average Bonchev–Trinajstić information content (AvgIpc) is 2.85. The van der Waals surface area contributed by atoms with Gasteiger partial charge in [0.2, 0.25) is 0 Å². The van der Waals surface area contributed by atoms with E-state index in [-0.39, 0.29) is 12.4 Å². The largest absolute Gasteiger partial charge is 0.433 e.